The first-order valence-electron chi connectivity index (χ1n) is 4.09. The molecule has 0 bridgehead atoms. The van der Waals surface area contributed by atoms with E-state index in [0.717, 1.165) is 0 Å². The number of nitrogens with two attached hydrogens (primary N) is 2. The number of amides is 2. The largest absolute Gasteiger partial charge is 0.353 e. The highest BCUT2D eigenvalue weighted by molar-refractivity contribution is 6.36. The molecule has 7 heteroatoms. The van der Waals surface area contributed by atoms with E-state index in [0.29, 0.717) is 0 Å². The molecule has 0 radical (unpaired) electrons. The molecule has 0 saturated heterocycles. The molecule has 7 nitrogen and oxygen atoms in total. The first kappa shape index (κ1) is 12.5. The van der Waals surface area contributed by atoms with Gasteiger partial charge in [0, 0.05) is 13.1 Å². The maximum atomic E-state index is 10.8. The van der Waals surface area contributed by atoms with Gasteiger partial charge in [0.25, 0.3) is 5.91 Å². The molecule has 0 aliphatic carbocycles. The average molecular weight is 202 g/mol. The van der Waals surface area contributed by atoms with Gasteiger partial charge in [0.05, 0.1) is 13.1 Å². The Morgan fingerprint density at radius 1 is 0.929 bits per heavy atom. The monoisotopic (exact) mass is 202 g/mol. The van der Waals surface area contributed by atoms with Crippen LogP contribution in [0.1, 0.15) is 0 Å². The molecule has 0 unspecified atom stereocenters. The summed E-state index contributed by atoms with van der Waals surface area (Å²) in [4.78, 5) is 32.1. The fourth-order valence-corrected chi connectivity index (χ4v) is 0.641. The van der Waals surface area contributed by atoms with Crippen molar-refractivity contribution >= 4 is 17.6 Å². The number of hydrogen-bond acceptors (Lipinski definition) is 5. The van der Waals surface area contributed by atoms with Gasteiger partial charge in [0.15, 0.2) is 0 Å². The van der Waals surface area contributed by atoms with Crippen LogP contribution in [-0.2, 0) is 14.4 Å². The maximum absolute atomic E-state index is 10.8. The first-order valence-corrected chi connectivity index (χ1v) is 4.09. The third-order valence-corrected chi connectivity index (χ3v) is 1.36. The molecular weight excluding hydrogens is 188 g/mol. The van der Waals surface area contributed by atoms with Crippen LogP contribution in [0.3, 0.4) is 0 Å². The van der Waals surface area contributed by atoms with Gasteiger partial charge in [-0.25, -0.2) is 0 Å². The molecule has 2 amide bonds. The van der Waals surface area contributed by atoms with Crippen LogP contribution in [0.5, 0.6) is 0 Å². The van der Waals surface area contributed by atoms with Gasteiger partial charge in [-0.15, -0.1) is 0 Å². The number of carbonyl (C=O) groups is 3. The van der Waals surface area contributed by atoms with Crippen molar-refractivity contribution < 1.29 is 14.4 Å². The molecule has 0 aliphatic rings. The maximum Gasteiger partial charge on any atom is 0.288 e. The van der Waals surface area contributed by atoms with E-state index in [2.05, 4.69) is 10.6 Å². The van der Waals surface area contributed by atoms with Crippen LogP contribution in [0.4, 0.5) is 0 Å². The van der Waals surface area contributed by atoms with E-state index in [1.54, 1.807) is 0 Å². The van der Waals surface area contributed by atoms with Crippen molar-refractivity contribution in [1.82, 2.24) is 10.6 Å². The number of nitrogens with one attached hydrogen (secondary N) is 2. The van der Waals surface area contributed by atoms with E-state index in [-0.39, 0.29) is 32.1 Å². The summed E-state index contributed by atoms with van der Waals surface area (Å²) in [5, 5.41) is 4.71. The highest BCUT2D eigenvalue weighted by Crippen LogP contribution is 1.69. The van der Waals surface area contributed by atoms with E-state index in [1.807, 2.05) is 0 Å². The molecule has 80 valence electrons. The minimum absolute atomic E-state index is 0.102. The summed E-state index contributed by atoms with van der Waals surface area (Å²) in [7, 11) is 0. The molecule has 0 atom stereocenters. The number of rotatable bonds is 6. The van der Waals surface area contributed by atoms with Crippen molar-refractivity contribution in [3.63, 3.8) is 0 Å². The Kier molecular flexibility index (Phi) is 6.25. The Labute approximate surface area is 81.2 Å². The van der Waals surface area contributed by atoms with Crippen LogP contribution >= 0.6 is 0 Å². The fourth-order valence-electron chi connectivity index (χ4n) is 0.641. The van der Waals surface area contributed by atoms with Crippen molar-refractivity contribution in [2.45, 2.75) is 0 Å². The van der Waals surface area contributed by atoms with Gasteiger partial charge >= 0.3 is 0 Å². The van der Waals surface area contributed by atoms with Crippen LogP contribution in [0.15, 0.2) is 0 Å². The van der Waals surface area contributed by atoms with E-state index in [1.165, 1.54) is 0 Å². The van der Waals surface area contributed by atoms with Crippen LogP contribution in [0.2, 0.25) is 0 Å². The topological polar surface area (TPSA) is 127 Å². The van der Waals surface area contributed by atoms with E-state index < -0.39 is 11.7 Å². The Bertz CT molecular complexity index is 229. The average Bonchev–Trinajstić information content (AvgIpc) is 2.22. The van der Waals surface area contributed by atoms with Crippen molar-refractivity contribution in [3.05, 3.63) is 0 Å². The second kappa shape index (κ2) is 6.98. The summed E-state index contributed by atoms with van der Waals surface area (Å²) >= 11 is 0. The van der Waals surface area contributed by atoms with E-state index >= 15 is 0 Å². The first-order chi connectivity index (χ1) is 6.61. The SMILES string of the molecule is NCC(=O)NCCNC(=O)C(=O)CN. The zero-order valence-corrected chi connectivity index (χ0v) is 7.71. The Morgan fingerprint density at radius 2 is 1.50 bits per heavy atom. The zero-order chi connectivity index (χ0) is 11.0. The summed E-state index contributed by atoms with van der Waals surface area (Å²) in [6, 6.07) is 0. The normalized spacial score (nSPS) is 9.29. The Hall–Kier alpha value is -1.47. The van der Waals surface area contributed by atoms with Crippen molar-refractivity contribution in [1.29, 1.82) is 0 Å². The third-order valence-electron chi connectivity index (χ3n) is 1.36. The van der Waals surface area contributed by atoms with E-state index in [9.17, 15) is 14.4 Å². The van der Waals surface area contributed by atoms with E-state index in [4.69, 9.17) is 11.5 Å². The summed E-state index contributed by atoms with van der Waals surface area (Å²) < 4.78 is 0. The molecule has 0 heterocycles. The Morgan fingerprint density at radius 3 is 2.00 bits per heavy atom. The molecule has 0 saturated carbocycles. The molecule has 0 rings (SSSR count). The number of hydrogen-bond donors (Lipinski definition) is 4. The summed E-state index contributed by atoms with van der Waals surface area (Å²) in [5.41, 5.74) is 9.96. The van der Waals surface area contributed by atoms with Gasteiger partial charge < -0.3 is 22.1 Å². The van der Waals surface area contributed by atoms with Gasteiger partial charge in [-0.1, -0.05) is 0 Å². The summed E-state index contributed by atoms with van der Waals surface area (Å²) in [5.74, 6) is -1.74. The standard InChI is InChI=1S/C7H14N4O3/c8-3-5(12)7(14)11-2-1-10-6(13)4-9/h1-4,8-9H2,(H,10,13)(H,11,14). The lowest BCUT2D eigenvalue weighted by atomic mass is 10.4. The minimum Gasteiger partial charge on any atom is -0.353 e. The number of carbonyl (C=O) groups excluding carboxylic acids is 3. The van der Waals surface area contributed by atoms with Crippen LogP contribution in [-0.4, -0.2) is 43.8 Å². The lowest BCUT2D eigenvalue weighted by Crippen LogP contribution is -2.41. The zero-order valence-electron chi connectivity index (χ0n) is 7.71. The second-order valence-electron chi connectivity index (χ2n) is 2.44. The molecule has 0 aromatic carbocycles. The fraction of sp³-hybridized carbons (Fsp3) is 0.571. The highest BCUT2D eigenvalue weighted by atomic mass is 16.2. The van der Waals surface area contributed by atoms with Crippen molar-refractivity contribution in [3.8, 4) is 0 Å². The smallest absolute Gasteiger partial charge is 0.288 e. The minimum atomic E-state index is -0.741. The van der Waals surface area contributed by atoms with Crippen molar-refractivity contribution in [2.75, 3.05) is 26.2 Å². The number of Topliss-reactive ketones (excluding diaryl/α,β-unsaturated/α-hetero) is 1. The summed E-state index contributed by atoms with van der Waals surface area (Å²) in [6.45, 7) is -0.00733. The number of ketones is 1. The van der Waals surface area contributed by atoms with Gasteiger partial charge in [-0.05, 0) is 0 Å². The van der Waals surface area contributed by atoms with Crippen LogP contribution < -0.4 is 22.1 Å². The lowest BCUT2D eigenvalue weighted by molar-refractivity contribution is -0.137. The second-order valence-corrected chi connectivity index (χ2v) is 2.44. The molecule has 0 aromatic heterocycles. The van der Waals surface area contributed by atoms with Crippen molar-refractivity contribution in [2.24, 2.45) is 11.5 Å². The van der Waals surface area contributed by atoms with Gasteiger partial charge in [0.2, 0.25) is 11.7 Å². The van der Waals surface area contributed by atoms with Gasteiger partial charge in [-0.3, -0.25) is 14.4 Å². The molecule has 0 spiro atoms. The molecule has 0 fully saturated rings. The molecule has 0 aromatic rings. The van der Waals surface area contributed by atoms with Gasteiger partial charge in [-0.2, -0.15) is 0 Å². The molecule has 0 aliphatic heterocycles. The Balaban J connectivity index is 3.50. The highest BCUT2D eigenvalue weighted by Gasteiger charge is 2.09. The molecule has 6 N–H and O–H groups in total. The van der Waals surface area contributed by atoms with Crippen LogP contribution in [0.25, 0.3) is 0 Å². The quantitative estimate of drug-likeness (QED) is 0.265. The summed E-state index contributed by atoms with van der Waals surface area (Å²) in [6.07, 6.45) is 0. The molecule has 14 heavy (non-hydrogen) atoms. The molecular formula is C7H14N4O3. The predicted octanol–water partition coefficient (Wildman–Crippen LogP) is -3.29. The lowest BCUT2D eigenvalue weighted by Gasteiger charge is -2.04. The van der Waals surface area contributed by atoms with Crippen LogP contribution in [0, 0.1) is 0 Å². The third kappa shape index (κ3) is 5.22. The predicted molar refractivity (Wildman–Crippen MR) is 49.1 cm³/mol. The van der Waals surface area contributed by atoms with Gasteiger partial charge in [0.1, 0.15) is 0 Å².